The van der Waals surface area contributed by atoms with Gasteiger partial charge in [-0.3, -0.25) is 4.79 Å². The van der Waals surface area contributed by atoms with Crippen molar-refractivity contribution in [3.05, 3.63) is 35.6 Å². The summed E-state index contributed by atoms with van der Waals surface area (Å²) in [5.74, 6) is 2.26. The maximum Gasteiger partial charge on any atom is 0.292 e. The topological polar surface area (TPSA) is 75.4 Å². The minimum atomic E-state index is -0.0579. The number of nitrogens with zero attached hydrogens (tertiary/aromatic N) is 5. The summed E-state index contributed by atoms with van der Waals surface area (Å²) in [6.07, 6.45) is 3.14. The Labute approximate surface area is 134 Å². The highest BCUT2D eigenvalue weighted by Gasteiger charge is 2.43. The monoisotopic (exact) mass is 313 g/mol. The van der Waals surface area contributed by atoms with Crippen LogP contribution >= 0.6 is 0 Å². The van der Waals surface area contributed by atoms with E-state index in [-0.39, 0.29) is 5.91 Å². The average Bonchev–Trinajstić information content (AvgIpc) is 3.24. The molecule has 0 aliphatic carbocycles. The van der Waals surface area contributed by atoms with Crippen LogP contribution in [0.4, 0.5) is 5.82 Å². The Balaban J connectivity index is 1.46. The third kappa shape index (κ3) is 2.36. The molecule has 2 saturated heterocycles. The summed E-state index contributed by atoms with van der Waals surface area (Å²) in [5.41, 5.74) is 2.16. The fourth-order valence-corrected chi connectivity index (χ4v) is 3.66. The van der Waals surface area contributed by atoms with E-state index in [0.717, 1.165) is 43.3 Å². The highest BCUT2D eigenvalue weighted by atomic mass is 16.5. The van der Waals surface area contributed by atoms with Crippen molar-refractivity contribution >= 4 is 11.7 Å². The van der Waals surface area contributed by atoms with E-state index in [4.69, 9.17) is 4.52 Å². The molecule has 2 aromatic heterocycles. The van der Waals surface area contributed by atoms with Gasteiger partial charge in [-0.2, -0.15) is 0 Å². The quantitative estimate of drug-likeness (QED) is 0.831. The van der Waals surface area contributed by atoms with Gasteiger partial charge < -0.3 is 14.3 Å². The molecule has 1 amide bonds. The van der Waals surface area contributed by atoms with Crippen LogP contribution in [0, 0.1) is 25.7 Å². The Bertz CT molecular complexity index is 716. The second kappa shape index (κ2) is 5.33. The Morgan fingerprint density at radius 1 is 1.17 bits per heavy atom. The Morgan fingerprint density at radius 2 is 1.91 bits per heavy atom. The van der Waals surface area contributed by atoms with Gasteiger partial charge in [-0.05, 0) is 13.8 Å². The molecule has 0 aromatic carbocycles. The Morgan fingerprint density at radius 3 is 2.57 bits per heavy atom. The molecule has 0 radical (unpaired) electrons. The summed E-state index contributed by atoms with van der Waals surface area (Å²) < 4.78 is 4.98. The fourth-order valence-electron chi connectivity index (χ4n) is 3.66. The number of aromatic nitrogens is 3. The molecule has 0 bridgehead atoms. The van der Waals surface area contributed by atoms with Crippen LogP contribution in [0.15, 0.2) is 23.1 Å². The van der Waals surface area contributed by atoms with Gasteiger partial charge in [-0.1, -0.05) is 5.16 Å². The molecule has 2 atom stereocenters. The van der Waals surface area contributed by atoms with Gasteiger partial charge in [0.1, 0.15) is 12.1 Å². The van der Waals surface area contributed by atoms with Crippen molar-refractivity contribution in [1.82, 2.24) is 20.0 Å². The molecule has 2 unspecified atom stereocenters. The molecule has 2 fully saturated rings. The smallest absolute Gasteiger partial charge is 0.292 e. The van der Waals surface area contributed by atoms with E-state index in [2.05, 4.69) is 26.9 Å². The van der Waals surface area contributed by atoms with Crippen molar-refractivity contribution in [1.29, 1.82) is 0 Å². The SMILES string of the molecule is Cc1ncnc(N2CC3CN(C(=O)c4ccno4)CC3C2)c1C. The minimum Gasteiger partial charge on any atom is -0.356 e. The molecule has 2 aliphatic rings. The largest absolute Gasteiger partial charge is 0.356 e. The standard InChI is InChI=1S/C16H19N5O2/c1-10-11(2)17-9-18-15(10)20-5-12-7-21(8-13(12)6-20)16(22)14-3-4-19-23-14/h3-4,9,12-13H,5-8H2,1-2H3. The molecule has 120 valence electrons. The van der Waals surface area contributed by atoms with Crippen LogP contribution in [0.2, 0.25) is 0 Å². The molecule has 2 aromatic rings. The van der Waals surface area contributed by atoms with E-state index in [0.29, 0.717) is 17.6 Å². The number of anilines is 1. The summed E-state index contributed by atoms with van der Waals surface area (Å²) in [5, 5.41) is 3.61. The molecule has 23 heavy (non-hydrogen) atoms. The lowest BCUT2D eigenvalue weighted by Crippen LogP contribution is -2.33. The summed E-state index contributed by atoms with van der Waals surface area (Å²) in [6, 6.07) is 1.62. The zero-order valence-electron chi connectivity index (χ0n) is 13.3. The fraction of sp³-hybridized carbons (Fsp3) is 0.500. The maximum absolute atomic E-state index is 12.3. The predicted octanol–water partition coefficient (Wildman–Crippen LogP) is 1.29. The third-order valence-electron chi connectivity index (χ3n) is 5.03. The van der Waals surface area contributed by atoms with Crippen LogP contribution in [0.3, 0.4) is 0 Å². The minimum absolute atomic E-state index is 0.0579. The van der Waals surface area contributed by atoms with Crippen molar-refractivity contribution in [2.45, 2.75) is 13.8 Å². The Hall–Kier alpha value is -2.44. The first-order chi connectivity index (χ1) is 11.1. The second-order valence-corrected chi connectivity index (χ2v) is 6.42. The van der Waals surface area contributed by atoms with E-state index >= 15 is 0 Å². The lowest BCUT2D eigenvalue weighted by atomic mass is 10.0. The van der Waals surface area contributed by atoms with Crippen molar-refractivity contribution in [3.8, 4) is 0 Å². The van der Waals surface area contributed by atoms with Crippen LogP contribution in [-0.2, 0) is 0 Å². The number of carbonyl (C=O) groups excluding carboxylic acids is 1. The number of hydrogen-bond donors (Lipinski definition) is 0. The van der Waals surface area contributed by atoms with Gasteiger partial charge in [0.15, 0.2) is 0 Å². The molecule has 7 heteroatoms. The number of aryl methyl sites for hydroxylation is 1. The Kier molecular flexibility index (Phi) is 3.28. The first-order valence-corrected chi connectivity index (χ1v) is 7.86. The van der Waals surface area contributed by atoms with E-state index in [9.17, 15) is 4.79 Å². The van der Waals surface area contributed by atoms with Crippen molar-refractivity contribution in [3.63, 3.8) is 0 Å². The van der Waals surface area contributed by atoms with Crippen LogP contribution in [0.25, 0.3) is 0 Å². The van der Waals surface area contributed by atoms with Crippen LogP contribution in [0.5, 0.6) is 0 Å². The maximum atomic E-state index is 12.3. The highest BCUT2D eigenvalue weighted by molar-refractivity contribution is 5.91. The summed E-state index contributed by atoms with van der Waals surface area (Å²) in [7, 11) is 0. The summed E-state index contributed by atoms with van der Waals surface area (Å²) in [6.45, 7) is 7.48. The van der Waals surface area contributed by atoms with Crippen molar-refractivity contribution in [2.24, 2.45) is 11.8 Å². The number of amides is 1. The molecule has 2 aliphatic heterocycles. The second-order valence-electron chi connectivity index (χ2n) is 6.42. The summed E-state index contributed by atoms with van der Waals surface area (Å²) >= 11 is 0. The predicted molar refractivity (Wildman–Crippen MR) is 83.1 cm³/mol. The molecule has 7 nitrogen and oxygen atoms in total. The van der Waals surface area contributed by atoms with E-state index in [1.165, 1.54) is 6.20 Å². The van der Waals surface area contributed by atoms with Crippen LogP contribution < -0.4 is 4.90 Å². The van der Waals surface area contributed by atoms with Gasteiger partial charge in [-0.15, -0.1) is 0 Å². The van der Waals surface area contributed by atoms with Gasteiger partial charge >= 0.3 is 0 Å². The van der Waals surface area contributed by atoms with E-state index < -0.39 is 0 Å². The lowest BCUT2D eigenvalue weighted by molar-refractivity contribution is 0.0741. The lowest BCUT2D eigenvalue weighted by Gasteiger charge is -2.23. The molecule has 0 N–H and O–H groups in total. The van der Waals surface area contributed by atoms with E-state index in [1.54, 1.807) is 12.4 Å². The number of fused-ring (bicyclic) bond motifs is 1. The van der Waals surface area contributed by atoms with Gasteiger partial charge in [0.05, 0.1) is 6.20 Å². The number of carbonyl (C=O) groups is 1. The zero-order valence-corrected chi connectivity index (χ0v) is 13.3. The van der Waals surface area contributed by atoms with Gasteiger partial charge in [0, 0.05) is 55.3 Å². The van der Waals surface area contributed by atoms with Gasteiger partial charge in [0.2, 0.25) is 5.76 Å². The first-order valence-electron chi connectivity index (χ1n) is 7.86. The molecule has 4 heterocycles. The van der Waals surface area contributed by atoms with Crippen molar-refractivity contribution in [2.75, 3.05) is 31.1 Å². The summed E-state index contributed by atoms with van der Waals surface area (Å²) in [4.78, 5) is 25.3. The normalized spacial score (nSPS) is 23.4. The molecule has 4 rings (SSSR count). The number of hydrogen-bond acceptors (Lipinski definition) is 6. The number of likely N-dealkylation sites (tertiary alicyclic amines) is 1. The highest BCUT2D eigenvalue weighted by Crippen LogP contribution is 2.35. The van der Waals surface area contributed by atoms with Gasteiger partial charge in [-0.25, -0.2) is 9.97 Å². The van der Waals surface area contributed by atoms with Crippen molar-refractivity contribution < 1.29 is 9.32 Å². The number of rotatable bonds is 2. The molecule has 0 saturated carbocycles. The average molecular weight is 313 g/mol. The molecular formula is C16H19N5O2. The zero-order chi connectivity index (χ0) is 16.0. The van der Waals surface area contributed by atoms with Crippen LogP contribution in [-0.4, -0.2) is 52.1 Å². The third-order valence-corrected chi connectivity index (χ3v) is 5.03. The molecular weight excluding hydrogens is 294 g/mol. The van der Waals surface area contributed by atoms with Gasteiger partial charge in [0.25, 0.3) is 5.91 Å². The first kappa shape index (κ1) is 14.2. The molecule has 0 spiro atoms. The van der Waals surface area contributed by atoms with Crippen LogP contribution in [0.1, 0.15) is 21.8 Å². The van der Waals surface area contributed by atoms with E-state index in [1.807, 2.05) is 11.8 Å².